The monoisotopic (exact) mass is 423 g/mol. The minimum atomic E-state index is -0.638. The van der Waals surface area contributed by atoms with Gasteiger partial charge in [0.05, 0.1) is 45.7 Å². The van der Waals surface area contributed by atoms with Crippen LogP contribution < -0.4 is 5.32 Å². The van der Waals surface area contributed by atoms with E-state index >= 15 is 0 Å². The first-order chi connectivity index (χ1) is 14.6. The Kier molecular flexibility index (Phi) is 10.3. The molecule has 0 saturated carbocycles. The number of carbonyl (C=O) groups excluding carboxylic acids is 2. The minimum Gasteiger partial charge on any atom is -0.465 e. The maximum absolute atomic E-state index is 12.5. The van der Waals surface area contributed by atoms with Gasteiger partial charge in [-0.2, -0.15) is 0 Å². The van der Waals surface area contributed by atoms with Crippen LogP contribution in [0.1, 0.15) is 28.3 Å². The molecule has 0 aromatic heterocycles. The predicted octanol–water partition coefficient (Wildman–Crippen LogP) is 0.975. The largest absolute Gasteiger partial charge is 0.465 e. The Morgan fingerprint density at radius 3 is 2.57 bits per heavy atom. The van der Waals surface area contributed by atoms with E-state index in [4.69, 9.17) is 28.8 Å². The predicted molar refractivity (Wildman–Crippen MR) is 107 cm³/mol. The molecule has 0 fully saturated rings. The fraction of sp³-hybridized carbons (Fsp3) is 0.524. The Bertz CT molecular complexity index is 703. The molecule has 1 aliphatic rings. The third-order valence-corrected chi connectivity index (χ3v) is 4.40. The van der Waals surface area contributed by atoms with Gasteiger partial charge in [0.15, 0.2) is 5.76 Å². The zero-order chi connectivity index (χ0) is 21.8. The molecular weight excluding hydrogens is 394 g/mol. The first-order valence-electron chi connectivity index (χ1n) is 9.73. The van der Waals surface area contributed by atoms with Crippen molar-refractivity contribution in [1.82, 2.24) is 5.32 Å². The molecule has 0 aliphatic carbocycles. The number of carbonyl (C=O) groups is 2. The normalized spacial score (nSPS) is 18.3. The molecule has 1 aliphatic heterocycles. The number of allylic oxidation sites excluding steroid dienone is 1. The molecule has 2 rings (SSSR count). The molecule has 2 N–H and O–H groups in total. The minimum absolute atomic E-state index is 0.0574. The van der Waals surface area contributed by atoms with Crippen molar-refractivity contribution < 1.29 is 38.4 Å². The summed E-state index contributed by atoms with van der Waals surface area (Å²) in [4.78, 5) is 24.1. The standard InChI is InChI=1S/C21H29NO8/c1-26-9-7-22-20(24)18-13-17(14-19(30-18)29-12-11-28-10-8-23)15-3-5-16(6-4-15)21(25)27-2/h3-6,13,17,19,23H,7-12,14H2,1-2H3,(H,22,24). The van der Waals surface area contributed by atoms with E-state index in [0.717, 1.165) is 5.56 Å². The van der Waals surface area contributed by atoms with E-state index in [9.17, 15) is 9.59 Å². The van der Waals surface area contributed by atoms with E-state index in [1.807, 2.05) is 12.1 Å². The maximum Gasteiger partial charge on any atom is 0.337 e. The number of amides is 1. The van der Waals surface area contributed by atoms with Crippen molar-refractivity contribution >= 4 is 11.9 Å². The lowest BCUT2D eigenvalue weighted by molar-refractivity contribution is -0.151. The van der Waals surface area contributed by atoms with Crippen LogP contribution in [0.4, 0.5) is 0 Å². The van der Waals surface area contributed by atoms with Crippen molar-refractivity contribution in [1.29, 1.82) is 0 Å². The van der Waals surface area contributed by atoms with E-state index in [1.165, 1.54) is 7.11 Å². The number of aliphatic hydroxyl groups excluding tert-OH is 1. The van der Waals surface area contributed by atoms with E-state index in [1.54, 1.807) is 25.3 Å². The number of hydrogen-bond donors (Lipinski definition) is 2. The van der Waals surface area contributed by atoms with Gasteiger partial charge in [0.2, 0.25) is 6.29 Å². The third-order valence-electron chi connectivity index (χ3n) is 4.40. The molecule has 0 spiro atoms. The lowest BCUT2D eigenvalue weighted by Gasteiger charge is -2.29. The van der Waals surface area contributed by atoms with Crippen LogP contribution in [0.5, 0.6) is 0 Å². The summed E-state index contributed by atoms with van der Waals surface area (Å²) >= 11 is 0. The van der Waals surface area contributed by atoms with Crippen LogP contribution in [-0.4, -0.2) is 77.1 Å². The molecule has 0 bridgehead atoms. The highest BCUT2D eigenvalue weighted by Crippen LogP contribution is 2.31. The Balaban J connectivity index is 2.09. The van der Waals surface area contributed by atoms with Gasteiger partial charge in [-0.25, -0.2) is 4.79 Å². The third kappa shape index (κ3) is 7.42. The average Bonchev–Trinajstić information content (AvgIpc) is 2.78. The van der Waals surface area contributed by atoms with Gasteiger partial charge in [-0.1, -0.05) is 12.1 Å². The molecule has 166 valence electrons. The second-order valence-electron chi connectivity index (χ2n) is 6.49. The number of benzene rings is 1. The Morgan fingerprint density at radius 1 is 1.13 bits per heavy atom. The number of hydrogen-bond acceptors (Lipinski definition) is 8. The molecule has 1 aromatic carbocycles. The van der Waals surface area contributed by atoms with E-state index in [0.29, 0.717) is 31.7 Å². The van der Waals surface area contributed by atoms with Crippen molar-refractivity contribution in [2.24, 2.45) is 0 Å². The number of ether oxygens (including phenoxy) is 5. The van der Waals surface area contributed by atoms with Gasteiger partial charge in [0.1, 0.15) is 0 Å². The average molecular weight is 423 g/mol. The second-order valence-corrected chi connectivity index (χ2v) is 6.49. The molecule has 2 unspecified atom stereocenters. The molecular formula is C21H29NO8. The quantitative estimate of drug-likeness (QED) is 0.378. The van der Waals surface area contributed by atoms with Crippen molar-refractivity contribution in [2.75, 3.05) is 53.8 Å². The van der Waals surface area contributed by atoms with Gasteiger partial charge < -0.3 is 34.1 Å². The van der Waals surface area contributed by atoms with Gasteiger partial charge in [0, 0.05) is 26.0 Å². The summed E-state index contributed by atoms with van der Waals surface area (Å²) in [7, 11) is 2.89. The van der Waals surface area contributed by atoms with E-state index < -0.39 is 12.3 Å². The molecule has 1 heterocycles. The smallest absolute Gasteiger partial charge is 0.337 e. The molecule has 30 heavy (non-hydrogen) atoms. The Hall–Kier alpha value is -2.46. The molecule has 9 heteroatoms. The highest BCUT2D eigenvalue weighted by atomic mass is 16.7. The fourth-order valence-corrected chi connectivity index (χ4v) is 2.89. The van der Waals surface area contributed by atoms with Gasteiger partial charge >= 0.3 is 5.97 Å². The highest BCUT2D eigenvalue weighted by molar-refractivity contribution is 5.91. The number of aliphatic hydroxyl groups is 1. The van der Waals surface area contributed by atoms with Crippen molar-refractivity contribution in [3.05, 3.63) is 47.2 Å². The topological polar surface area (TPSA) is 113 Å². The van der Waals surface area contributed by atoms with Crippen LogP contribution in [0, 0.1) is 0 Å². The van der Waals surface area contributed by atoms with Crippen molar-refractivity contribution in [2.45, 2.75) is 18.6 Å². The Morgan fingerprint density at radius 2 is 1.90 bits per heavy atom. The van der Waals surface area contributed by atoms with Crippen molar-refractivity contribution in [3.8, 4) is 0 Å². The summed E-state index contributed by atoms with van der Waals surface area (Å²) in [5.41, 5.74) is 1.36. The number of nitrogens with one attached hydrogen (secondary N) is 1. The molecule has 0 radical (unpaired) electrons. The summed E-state index contributed by atoms with van der Waals surface area (Å²) < 4.78 is 26.3. The molecule has 2 atom stereocenters. The van der Waals surface area contributed by atoms with Crippen LogP contribution in [0.3, 0.4) is 0 Å². The summed E-state index contributed by atoms with van der Waals surface area (Å²) in [5.74, 6) is -0.739. The first kappa shape index (κ1) is 23.8. The SMILES string of the molecule is COCCNC(=O)C1=CC(c2ccc(C(=O)OC)cc2)CC(OCCOCCO)O1. The van der Waals surface area contributed by atoms with Gasteiger partial charge in [-0.05, 0) is 23.8 Å². The van der Waals surface area contributed by atoms with Crippen molar-refractivity contribution in [3.63, 3.8) is 0 Å². The first-order valence-corrected chi connectivity index (χ1v) is 9.73. The highest BCUT2D eigenvalue weighted by Gasteiger charge is 2.28. The van der Waals surface area contributed by atoms with Crippen LogP contribution in [0.2, 0.25) is 0 Å². The zero-order valence-corrected chi connectivity index (χ0v) is 17.3. The van der Waals surface area contributed by atoms with E-state index in [-0.39, 0.29) is 37.4 Å². The van der Waals surface area contributed by atoms with Crippen LogP contribution in [-0.2, 0) is 28.5 Å². The summed E-state index contributed by atoms with van der Waals surface area (Å²) in [6, 6.07) is 7.00. The number of rotatable bonds is 12. The van der Waals surface area contributed by atoms with Crippen LogP contribution in [0.15, 0.2) is 36.1 Å². The van der Waals surface area contributed by atoms with E-state index in [2.05, 4.69) is 5.32 Å². The lowest BCUT2D eigenvalue weighted by Crippen LogP contribution is -2.34. The second kappa shape index (κ2) is 13.0. The van der Waals surface area contributed by atoms with Gasteiger partial charge in [-0.15, -0.1) is 0 Å². The Labute approximate surface area is 175 Å². The molecule has 9 nitrogen and oxygen atoms in total. The summed E-state index contributed by atoms with van der Waals surface area (Å²) in [6.07, 6.45) is 1.60. The summed E-state index contributed by atoms with van der Waals surface area (Å²) in [5, 5.41) is 11.5. The zero-order valence-electron chi connectivity index (χ0n) is 17.3. The molecule has 0 saturated heterocycles. The maximum atomic E-state index is 12.5. The van der Waals surface area contributed by atoms with Gasteiger partial charge in [0.25, 0.3) is 5.91 Å². The molecule has 1 aromatic rings. The summed E-state index contributed by atoms with van der Waals surface area (Å²) in [6.45, 7) is 1.49. The van der Waals surface area contributed by atoms with Crippen LogP contribution >= 0.6 is 0 Å². The fourth-order valence-electron chi connectivity index (χ4n) is 2.89. The van der Waals surface area contributed by atoms with Crippen LogP contribution in [0.25, 0.3) is 0 Å². The molecule has 1 amide bonds. The lowest BCUT2D eigenvalue weighted by atomic mass is 9.92. The number of esters is 1. The number of methoxy groups -OCH3 is 2. The van der Waals surface area contributed by atoms with Gasteiger partial charge in [-0.3, -0.25) is 4.79 Å².